The van der Waals surface area contributed by atoms with E-state index in [0.29, 0.717) is 23.7 Å². The van der Waals surface area contributed by atoms with Gasteiger partial charge < -0.3 is 11.1 Å². The molecule has 0 aliphatic heterocycles. The third-order valence-electron chi connectivity index (χ3n) is 6.07. The molecule has 1 fully saturated rings. The molecular formula is C21H28N6O2. The standard InChI is InChI=1S/C21H28N6O2/c1-13-8-4-5-9-14(13)12-27-17-18(25(2)21(29)26(3)19(17)28)24-20(27)23-16-11-7-6-10-15(16)22/h4-5,8-9,15-16H,6-7,10-12,22H2,1-3H3,(H,23,24)/t15-,16+/m0/s1. The van der Waals surface area contributed by atoms with Gasteiger partial charge in [-0.1, -0.05) is 37.1 Å². The zero-order valence-electron chi connectivity index (χ0n) is 17.2. The van der Waals surface area contributed by atoms with E-state index >= 15 is 0 Å². The highest BCUT2D eigenvalue weighted by Gasteiger charge is 2.26. The van der Waals surface area contributed by atoms with Gasteiger partial charge in [0, 0.05) is 26.2 Å². The second kappa shape index (κ2) is 7.51. The molecule has 0 saturated heterocycles. The first-order valence-corrected chi connectivity index (χ1v) is 10.1. The molecule has 0 amide bonds. The van der Waals surface area contributed by atoms with Crippen LogP contribution in [-0.4, -0.2) is 30.8 Å². The molecule has 29 heavy (non-hydrogen) atoms. The second-order valence-electron chi connectivity index (χ2n) is 8.03. The van der Waals surface area contributed by atoms with Gasteiger partial charge in [0.2, 0.25) is 5.95 Å². The van der Waals surface area contributed by atoms with Crippen molar-refractivity contribution in [2.45, 2.75) is 51.2 Å². The molecule has 8 heteroatoms. The van der Waals surface area contributed by atoms with Crippen molar-refractivity contribution in [2.75, 3.05) is 5.32 Å². The topological polar surface area (TPSA) is 99.9 Å². The second-order valence-corrected chi connectivity index (χ2v) is 8.03. The molecule has 1 aromatic carbocycles. The molecule has 2 aromatic heterocycles. The summed E-state index contributed by atoms with van der Waals surface area (Å²) in [6, 6.07) is 8.21. The minimum Gasteiger partial charge on any atom is -0.351 e. The zero-order valence-corrected chi connectivity index (χ0v) is 17.2. The molecule has 3 aromatic rings. The van der Waals surface area contributed by atoms with Crippen molar-refractivity contribution in [1.82, 2.24) is 18.7 Å². The lowest BCUT2D eigenvalue weighted by Gasteiger charge is -2.29. The van der Waals surface area contributed by atoms with E-state index in [1.165, 1.54) is 11.6 Å². The summed E-state index contributed by atoms with van der Waals surface area (Å²) in [6.07, 6.45) is 4.18. The number of hydrogen-bond acceptors (Lipinski definition) is 5. The summed E-state index contributed by atoms with van der Waals surface area (Å²) >= 11 is 0. The summed E-state index contributed by atoms with van der Waals surface area (Å²) in [5, 5.41) is 3.49. The van der Waals surface area contributed by atoms with Crippen molar-refractivity contribution in [2.24, 2.45) is 19.8 Å². The van der Waals surface area contributed by atoms with Crippen LogP contribution in [0.15, 0.2) is 33.9 Å². The molecule has 4 rings (SSSR count). The summed E-state index contributed by atoms with van der Waals surface area (Å²) in [7, 11) is 3.14. The van der Waals surface area contributed by atoms with E-state index in [9.17, 15) is 9.59 Å². The Morgan fingerprint density at radius 3 is 2.59 bits per heavy atom. The lowest BCUT2D eigenvalue weighted by molar-refractivity contribution is 0.401. The first kappa shape index (κ1) is 19.4. The van der Waals surface area contributed by atoms with Gasteiger partial charge in [-0.05, 0) is 30.9 Å². The van der Waals surface area contributed by atoms with Crippen LogP contribution < -0.4 is 22.3 Å². The molecule has 8 nitrogen and oxygen atoms in total. The molecule has 2 atom stereocenters. The average molecular weight is 396 g/mol. The maximum atomic E-state index is 13.0. The number of aryl methyl sites for hydroxylation is 2. The van der Waals surface area contributed by atoms with Gasteiger partial charge in [0.1, 0.15) is 0 Å². The number of nitrogens with one attached hydrogen (secondary N) is 1. The number of imidazole rings is 1. The van der Waals surface area contributed by atoms with Crippen molar-refractivity contribution < 1.29 is 0 Å². The molecule has 154 valence electrons. The maximum absolute atomic E-state index is 13.0. The van der Waals surface area contributed by atoms with E-state index in [1.807, 2.05) is 35.8 Å². The summed E-state index contributed by atoms with van der Waals surface area (Å²) in [6.45, 7) is 2.54. The van der Waals surface area contributed by atoms with Crippen LogP contribution in [0.1, 0.15) is 36.8 Å². The minimum absolute atomic E-state index is 0.0436. The number of nitrogens with zero attached hydrogens (tertiary/aromatic N) is 4. The quantitative estimate of drug-likeness (QED) is 0.696. The Balaban J connectivity index is 1.90. The van der Waals surface area contributed by atoms with Crippen LogP contribution in [0.2, 0.25) is 0 Å². The highest BCUT2D eigenvalue weighted by Crippen LogP contribution is 2.24. The van der Waals surface area contributed by atoms with E-state index < -0.39 is 0 Å². The summed E-state index contributed by atoms with van der Waals surface area (Å²) in [4.78, 5) is 30.1. The third kappa shape index (κ3) is 3.37. The highest BCUT2D eigenvalue weighted by molar-refractivity contribution is 5.74. The van der Waals surface area contributed by atoms with E-state index in [1.54, 1.807) is 7.05 Å². The monoisotopic (exact) mass is 396 g/mol. The Kier molecular flexibility index (Phi) is 5.04. The van der Waals surface area contributed by atoms with Crippen LogP contribution in [0.4, 0.5) is 5.95 Å². The van der Waals surface area contributed by atoms with Crippen LogP contribution in [0, 0.1) is 6.92 Å². The van der Waals surface area contributed by atoms with Crippen LogP contribution in [0.25, 0.3) is 11.2 Å². The Labute approximate surface area is 169 Å². The van der Waals surface area contributed by atoms with Crippen LogP contribution >= 0.6 is 0 Å². The fraction of sp³-hybridized carbons (Fsp3) is 0.476. The van der Waals surface area contributed by atoms with Gasteiger partial charge in [-0.3, -0.25) is 18.5 Å². The smallest absolute Gasteiger partial charge is 0.332 e. The van der Waals surface area contributed by atoms with E-state index in [4.69, 9.17) is 5.73 Å². The van der Waals surface area contributed by atoms with Gasteiger partial charge in [0.05, 0.1) is 6.54 Å². The van der Waals surface area contributed by atoms with E-state index in [2.05, 4.69) is 10.3 Å². The molecular weight excluding hydrogens is 368 g/mol. The van der Waals surface area contributed by atoms with Crippen molar-refractivity contribution in [1.29, 1.82) is 0 Å². The Morgan fingerprint density at radius 2 is 1.86 bits per heavy atom. The van der Waals surface area contributed by atoms with Crippen molar-refractivity contribution in [3.05, 3.63) is 56.2 Å². The summed E-state index contributed by atoms with van der Waals surface area (Å²) in [5.41, 5.74) is 8.65. The number of fused-ring (bicyclic) bond motifs is 1. The predicted molar refractivity (Wildman–Crippen MR) is 114 cm³/mol. The number of anilines is 1. The highest BCUT2D eigenvalue weighted by atomic mass is 16.2. The number of nitrogens with two attached hydrogens (primary N) is 1. The fourth-order valence-corrected chi connectivity index (χ4v) is 4.17. The lowest BCUT2D eigenvalue weighted by atomic mass is 9.91. The van der Waals surface area contributed by atoms with E-state index in [0.717, 1.165) is 41.4 Å². The lowest BCUT2D eigenvalue weighted by Crippen LogP contribution is -2.43. The zero-order chi connectivity index (χ0) is 20.7. The normalized spacial score (nSPS) is 19.6. The molecule has 2 heterocycles. The predicted octanol–water partition coefficient (Wildman–Crippen LogP) is 1.47. The Morgan fingerprint density at radius 1 is 1.14 bits per heavy atom. The van der Waals surface area contributed by atoms with Crippen LogP contribution in [0.5, 0.6) is 0 Å². The van der Waals surface area contributed by atoms with Crippen LogP contribution in [-0.2, 0) is 20.6 Å². The number of aromatic nitrogens is 4. The molecule has 3 N–H and O–H groups in total. The van der Waals surface area contributed by atoms with Gasteiger partial charge >= 0.3 is 5.69 Å². The molecule has 1 aliphatic carbocycles. The largest absolute Gasteiger partial charge is 0.351 e. The Bertz CT molecular complexity index is 1170. The number of benzene rings is 1. The summed E-state index contributed by atoms with van der Waals surface area (Å²) < 4.78 is 4.45. The summed E-state index contributed by atoms with van der Waals surface area (Å²) in [5.74, 6) is 0.587. The number of hydrogen-bond donors (Lipinski definition) is 2. The van der Waals surface area contributed by atoms with Gasteiger partial charge in [-0.2, -0.15) is 4.98 Å². The van der Waals surface area contributed by atoms with Crippen molar-refractivity contribution in [3.63, 3.8) is 0 Å². The third-order valence-corrected chi connectivity index (χ3v) is 6.07. The molecule has 1 aliphatic rings. The van der Waals surface area contributed by atoms with Gasteiger partial charge in [-0.15, -0.1) is 0 Å². The first-order valence-electron chi connectivity index (χ1n) is 10.1. The minimum atomic E-state index is -0.385. The molecule has 1 saturated carbocycles. The Hall–Kier alpha value is -2.87. The van der Waals surface area contributed by atoms with Crippen LogP contribution in [0.3, 0.4) is 0 Å². The first-order chi connectivity index (χ1) is 13.9. The SMILES string of the molecule is Cc1ccccc1Cn1c(N[C@@H]2CCCC[C@@H]2N)nc2c1c(=O)n(C)c(=O)n2C. The average Bonchev–Trinajstić information content (AvgIpc) is 3.06. The molecule has 0 bridgehead atoms. The number of rotatable bonds is 4. The van der Waals surface area contributed by atoms with Crippen molar-refractivity contribution >= 4 is 17.1 Å². The van der Waals surface area contributed by atoms with Gasteiger partial charge in [-0.25, -0.2) is 4.79 Å². The fourth-order valence-electron chi connectivity index (χ4n) is 4.17. The van der Waals surface area contributed by atoms with Crippen molar-refractivity contribution in [3.8, 4) is 0 Å². The molecule has 0 radical (unpaired) electrons. The van der Waals surface area contributed by atoms with Gasteiger partial charge in [0.25, 0.3) is 5.56 Å². The molecule has 0 spiro atoms. The van der Waals surface area contributed by atoms with E-state index in [-0.39, 0.29) is 23.3 Å². The maximum Gasteiger partial charge on any atom is 0.332 e. The molecule has 0 unspecified atom stereocenters. The van der Waals surface area contributed by atoms with Gasteiger partial charge in [0.15, 0.2) is 11.2 Å².